The number of aliphatic imine (C=N–C) groups is 1. The van der Waals surface area contributed by atoms with E-state index in [-0.39, 0.29) is 18.0 Å². The molecule has 7 nitrogen and oxygen atoms in total. The number of fused-ring (bicyclic) bond motifs is 1. The summed E-state index contributed by atoms with van der Waals surface area (Å²) in [7, 11) is 0. The van der Waals surface area contributed by atoms with E-state index in [2.05, 4.69) is 51.5 Å². The van der Waals surface area contributed by atoms with Crippen LogP contribution in [0.15, 0.2) is 40.5 Å². The summed E-state index contributed by atoms with van der Waals surface area (Å²) in [6, 6.07) is 7.66. The zero-order valence-electron chi connectivity index (χ0n) is 14.3. The van der Waals surface area contributed by atoms with Crippen LogP contribution >= 0.6 is 11.8 Å². The van der Waals surface area contributed by atoms with Gasteiger partial charge >= 0.3 is 0 Å². The van der Waals surface area contributed by atoms with Crippen molar-refractivity contribution >= 4 is 29.5 Å². The van der Waals surface area contributed by atoms with Crippen molar-refractivity contribution in [3.63, 3.8) is 0 Å². The highest BCUT2D eigenvalue weighted by Gasteiger charge is 2.46. The number of nitrogen functional groups attached to an aromatic ring is 1. The van der Waals surface area contributed by atoms with E-state index >= 15 is 0 Å². The number of hydrogen-bond donors (Lipinski definition) is 4. The van der Waals surface area contributed by atoms with Crippen LogP contribution in [0.2, 0.25) is 0 Å². The van der Waals surface area contributed by atoms with Gasteiger partial charge in [0.05, 0.1) is 23.8 Å². The van der Waals surface area contributed by atoms with Crippen LogP contribution in [0.3, 0.4) is 0 Å². The third kappa shape index (κ3) is 3.09. The fourth-order valence-corrected chi connectivity index (χ4v) is 4.44. The summed E-state index contributed by atoms with van der Waals surface area (Å²) in [6.07, 6.45) is 1.36. The third-order valence-electron chi connectivity index (χ3n) is 4.93. The van der Waals surface area contributed by atoms with Gasteiger partial charge in [-0.15, -0.1) is 11.8 Å². The van der Waals surface area contributed by atoms with Crippen LogP contribution in [-0.2, 0) is 0 Å². The average molecular weight is 371 g/mol. The molecule has 0 amide bonds. The second kappa shape index (κ2) is 6.96. The minimum absolute atomic E-state index is 0.224. The number of benzene rings is 1. The van der Waals surface area contributed by atoms with Crippen LogP contribution in [-0.4, -0.2) is 56.4 Å². The van der Waals surface area contributed by atoms with Gasteiger partial charge in [-0.05, 0) is 19.1 Å². The molecule has 0 spiro atoms. The van der Waals surface area contributed by atoms with Crippen LogP contribution < -0.4 is 11.1 Å². The molecule has 1 aromatic carbocycles. The number of aryl methyl sites for hydroxylation is 1. The Hall–Kier alpha value is -2.00. The van der Waals surface area contributed by atoms with E-state index in [1.807, 2.05) is 0 Å². The molecular formula is C18H21N5O2S. The average Bonchev–Trinajstić information content (AvgIpc) is 3.18. The molecule has 136 valence electrons. The largest absolute Gasteiger partial charge is 0.389 e. The Labute approximate surface area is 155 Å². The minimum Gasteiger partial charge on any atom is -0.389 e. The number of nitrogens with one attached hydrogen (secondary N) is 1. The lowest BCUT2D eigenvalue weighted by molar-refractivity contribution is 0.0299. The molecule has 0 radical (unpaired) electrons. The van der Waals surface area contributed by atoms with Crippen LogP contribution in [0.4, 0.5) is 11.5 Å². The lowest BCUT2D eigenvalue weighted by Crippen LogP contribution is -2.39. The highest BCUT2D eigenvalue weighted by Crippen LogP contribution is 2.38. The summed E-state index contributed by atoms with van der Waals surface area (Å²) in [5.74, 6) is 0.739. The van der Waals surface area contributed by atoms with Gasteiger partial charge in [0.15, 0.2) is 5.82 Å². The van der Waals surface area contributed by atoms with Crippen molar-refractivity contribution in [1.29, 1.82) is 0 Å². The van der Waals surface area contributed by atoms with Crippen LogP contribution in [0.5, 0.6) is 0 Å². The zero-order chi connectivity index (χ0) is 18.3. The fraction of sp³-hybridized carbons (Fsp3) is 0.389. The maximum atomic E-state index is 10.6. The monoisotopic (exact) mass is 371 g/mol. The predicted octanol–water partition coefficient (Wildman–Crippen LogP) is 1.02. The molecule has 5 atom stereocenters. The molecule has 0 aliphatic carbocycles. The number of nitrogens with zero attached hydrogens (tertiary/aromatic N) is 3. The van der Waals surface area contributed by atoms with E-state index in [4.69, 9.17) is 5.73 Å². The smallest absolute Gasteiger partial charge is 0.153 e. The molecule has 0 saturated carbocycles. The summed E-state index contributed by atoms with van der Waals surface area (Å²) in [5.41, 5.74) is 8.30. The first kappa shape index (κ1) is 17.4. The van der Waals surface area contributed by atoms with E-state index in [0.717, 1.165) is 4.90 Å². The summed E-state index contributed by atoms with van der Waals surface area (Å²) in [5, 5.41) is 24.4. The first-order chi connectivity index (χ1) is 12.5. The van der Waals surface area contributed by atoms with Gasteiger partial charge in [-0.25, -0.2) is 9.97 Å². The molecule has 1 unspecified atom stereocenters. The molecule has 8 heteroatoms. The maximum Gasteiger partial charge on any atom is 0.153 e. The normalized spacial score (nSPS) is 29.9. The lowest BCUT2D eigenvalue weighted by atomic mass is 9.94. The summed E-state index contributed by atoms with van der Waals surface area (Å²) >= 11 is 1.65. The van der Waals surface area contributed by atoms with Crippen molar-refractivity contribution in [2.75, 3.05) is 11.5 Å². The third-order valence-corrected chi connectivity index (χ3v) is 6.06. The Morgan fingerprint density at radius 2 is 1.92 bits per heavy atom. The molecule has 4 rings (SSSR count). The molecular weight excluding hydrogens is 350 g/mol. The van der Waals surface area contributed by atoms with Gasteiger partial charge in [-0.3, -0.25) is 4.99 Å². The van der Waals surface area contributed by atoms with Crippen LogP contribution in [0.1, 0.15) is 17.2 Å². The van der Waals surface area contributed by atoms with Gasteiger partial charge in [0.25, 0.3) is 0 Å². The molecule has 1 saturated heterocycles. The van der Waals surface area contributed by atoms with E-state index in [1.165, 1.54) is 11.9 Å². The molecule has 2 aliphatic heterocycles. The Balaban J connectivity index is 1.46. The van der Waals surface area contributed by atoms with Crippen molar-refractivity contribution in [2.45, 2.75) is 42.0 Å². The highest BCUT2D eigenvalue weighted by atomic mass is 32.2. The minimum atomic E-state index is -0.905. The van der Waals surface area contributed by atoms with Crippen LogP contribution in [0, 0.1) is 6.92 Å². The molecule has 3 heterocycles. The number of hydrogen-bond acceptors (Lipinski definition) is 8. The van der Waals surface area contributed by atoms with Crippen molar-refractivity contribution < 1.29 is 10.2 Å². The fourth-order valence-electron chi connectivity index (χ4n) is 3.45. The number of aliphatic hydroxyl groups excluding tert-OH is 2. The number of thioether (sulfide) groups is 1. The van der Waals surface area contributed by atoms with Gasteiger partial charge in [0, 0.05) is 28.9 Å². The predicted molar refractivity (Wildman–Crippen MR) is 102 cm³/mol. The molecule has 2 aliphatic rings. The van der Waals surface area contributed by atoms with Crippen molar-refractivity contribution in [3.8, 4) is 0 Å². The van der Waals surface area contributed by atoms with Gasteiger partial charge in [-0.2, -0.15) is 0 Å². The van der Waals surface area contributed by atoms with E-state index in [0.29, 0.717) is 23.0 Å². The molecule has 2 aromatic rings. The maximum absolute atomic E-state index is 10.6. The van der Waals surface area contributed by atoms with E-state index in [9.17, 15) is 10.2 Å². The number of aromatic nitrogens is 2. The quantitative estimate of drug-likeness (QED) is 0.593. The van der Waals surface area contributed by atoms with E-state index in [1.54, 1.807) is 18.0 Å². The van der Waals surface area contributed by atoms with Crippen molar-refractivity contribution in [3.05, 3.63) is 41.9 Å². The topological polar surface area (TPSA) is 117 Å². The molecule has 5 N–H and O–H groups in total. The Morgan fingerprint density at radius 1 is 1.15 bits per heavy atom. The first-order valence-electron chi connectivity index (χ1n) is 8.51. The van der Waals surface area contributed by atoms with Crippen molar-refractivity contribution in [1.82, 2.24) is 15.3 Å². The standard InChI is InChI=1S/C18H21N5O2S/c1-9-2-4-10(5-3-9)26-7-12-16(24)17(25)14(23-12)11-6-20-15-13(11)21-8-22-18(15)19/h2-6,8,11-12,14,16-17,23-25H,7H2,1H3,(H2,19,21,22)/t11?,12-,14+,16-,17+/m0/s1. The second-order valence-electron chi connectivity index (χ2n) is 6.70. The van der Waals surface area contributed by atoms with Gasteiger partial charge in [-0.1, -0.05) is 17.7 Å². The van der Waals surface area contributed by atoms with E-state index < -0.39 is 12.2 Å². The summed E-state index contributed by atoms with van der Waals surface area (Å²) < 4.78 is 0. The van der Waals surface area contributed by atoms with Gasteiger partial charge in [0.1, 0.15) is 12.0 Å². The summed E-state index contributed by atoms with van der Waals surface area (Å²) in [6.45, 7) is 2.05. The molecule has 26 heavy (non-hydrogen) atoms. The van der Waals surface area contributed by atoms with Crippen molar-refractivity contribution in [2.24, 2.45) is 4.99 Å². The van der Waals surface area contributed by atoms with Gasteiger partial charge < -0.3 is 21.3 Å². The Bertz CT molecular complexity index is 829. The second-order valence-corrected chi connectivity index (χ2v) is 7.79. The lowest BCUT2D eigenvalue weighted by Gasteiger charge is -2.21. The molecule has 1 aromatic heterocycles. The van der Waals surface area contributed by atoms with Crippen LogP contribution in [0.25, 0.3) is 0 Å². The molecule has 1 fully saturated rings. The Morgan fingerprint density at radius 3 is 2.69 bits per heavy atom. The summed E-state index contributed by atoms with van der Waals surface area (Å²) in [4.78, 5) is 13.7. The SMILES string of the molecule is Cc1ccc(SC[C@@H]2N[C@H](C3C=Nc4c(N)ncnc43)[C@@H](O)[C@H]2O)cc1. The highest BCUT2D eigenvalue weighted by molar-refractivity contribution is 7.99. The Kier molecular flexibility index (Phi) is 4.66. The number of nitrogens with two attached hydrogens (primary N) is 1. The first-order valence-corrected chi connectivity index (χ1v) is 9.49. The number of anilines is 1. The van der Waals surface area contributed by atoms with Gasteiger partial charge in [0.2, 0.25) is 0 Å². The molecule has 0 bridgehead atoms. The zero-order valence-corrected chi connectivity index (χ0v) is 15.1. The number of aliphatic hydroxyl groups is 2. The number of rotatable bonds is 4.